The van der Waals surface area contributed by atoms with E-state index in [-0.39, 0.29) is 12.1 Å². The maximum absolute atomic E-state index is 13.4. The second-order valence-corrected chi connectivity index (χ2v) is 5.57. The molecular weight excluding hydrogens is 324 g/mol. The SMILES string of the molecule is O=[N+]([O-])c1cc(S(=O)(=O)NCC(F)(F)CO)c(F)cc1F. The fourth-order valence-corrected chi connectivity index (χ4v) is 2.34. The second-order valence-electron chi connectivity index (χ2n) is 3.83. The van der Waals surface area contributed by atoms with Gasteiger partial charge in [-0.1, -0.05) is 0 Å². The molecule has 0 aromatic heterocycles. The van der Waals surface area contributed by atoms with Crippen LogP contribution in [-0.4, -0.2) is 37.5 Å². The van der Waals surface area contributed by atoms with Gasteiger partial charge in [-0.25, -0.2) is 26.3 Å². The predicted octanol–water partition coefficient (Wildman–Crippen LogP) is 0.779. The van der Waals surface area contributed by atoms with Crippen LogP contribution in [0.5, 0.6) is 0 Å². The normalized spacial score (nSPS) is 12.4. The number of hydrogen-bond donors (Lipinski definition) is 2. The van der Waals surface area contributed by atoms with Gasteiger partial charge in [-0.3, -0.25) is 10.1 Å². The zero-order valence-electron chi connectivity index (χ0n) is 10.0. The number of alkyl halides is 2. The van der Waals surface area contributed by atoms with Crippen LogP contribution >= 0.6 is 0 Å². The molecule has 0 aliphatic carbocycles. The van der Waals surface area contributed by atoms with Crippen LogP contribution in [0.4, 0.5) is 23.2 Å². The van der Waals surface area contributed by atoms with Crippen LogP contribution in [0.1, 0.15) is 0 Å². The molecule has 7 nitrogen and oxygen atoms in total. The van der Waals surface area contributed by atoms with Gasteiger partial charge < -0.3 is 5.11 Å². The average Bonchev–Trinajstić information content (AvgIpc) is 2.36. The number of halogens is 4. The Balaban J connectivity index is 3.20. The van der Waals surface area contributed by atoms with Crippen molar-refractivity contribution in [2.45, 2.75) is 10.8 Å². The van der Waals surface area contributed by atoms with Gasteiger partial charge in [0, 0.05) is 12.1 Å². The van der Waals surface area contributed by atoms with Crippen molar-refractivity contribution in [3.63, 3.8) is 0 Å². The van der Waals surface area contributed by atoms with Crippen molar-refractivity contribution in [3.8, 4) is 0 Å². The molecule has 0 atom stereocenters. The van der Waals surface area contributed by atoms with Crippen LogP contribution < -0.4 is 4.72 Å². The van der Waals surface area contributed by atoms with Crippen molar-refractivity contribution in [1.29, 1.82) is 0 Å². The predicted molar refractivity (Wildman–Crippen MR) is 60.2 cm³/mol. The molecular formula is C9H8F4N2O5S. The van der Waals surface area contributed by atoms with E-state index in [0.717, 1.165) is 0 Å². The second kappa shape index (κ2) is 5.91. The summed E-state index contributed by atoms with van der Waals surface area (Å²) in [6.07, 6.45) is 0. The number of sulfonamides is 1. The third-order valence-corrected chi connectivity index (χ3v) is 3.66. The van der Waals surface area contributed by atoms with Gasteiger partial charge in [0.05, 0.1) is 11.5 Å². The van der Waals surface area contributed by atoms with Crippen molar-refractivity contribution in [1.82, 2.24) is 4.72 Å². The van der Waals surface area contributed by atoms with Gasteiger partial charge in [-0.2, -0.15) is 4.39 Å². The van der Waals surface area contributed by atoms with Crippen molar-refractivity contribution in [2.24, 2.45) is 0 Å². The average molecular weight is 332 g/mol. The number of nitro groups is 1. The van der Waals surface area contributed by atoms with Crippen molar-refractivity contribution in [3.05, 3.63) is 33.9 Å². The smallest absolute Gasteiger partial charge is 0.306 e. The van der Waals surface area contributed by atoms with E-state index in [2.05, 4.69) is 0 Å². The summed E-state index contributed by atoms with van der Waals surface area (Å²) in [4.78, 5) is 7.80. The van der Waals surface area contributed by atoms with Crippen LogP contribution in [0.25, 0.3) is 0 Å². The Bertz CT molecular complexity index is 664. The highest BCUT2D eigenvalue weighted by Crippen LogP contribution is 2.25. The van der Waals surface area contributed by atoms with Gasteiger partial charge in [0.2, 0.25) is 15.8 Å². The summed E-state index contributed by atoms with van der Waals surface area (Å²) in [5, 5.41) is 18.7. The van der Waals surface area contributed by atoms with E-state index in [1.54, 1.807) is 0 Å². The zero-order chi connectivity index (χ0) is 16.4. The van der Waals surface area contributed by atoms with Crippen molar-refractivity contribution < 1.29 is 36.0 Å². The lowest BCUT2D eigenvalue weighted by molar-refractivity contribution is -0.387. The molecule has 0 amide bonds. The molecule has 0 spiro atoms. The molecule has 0 radical (unpaired) electrons. The topological polar surface area (TPSA) is 110 Å². The lowest BCUT2D eigenvalue weighted by atomic mass is 10.3. The Morgan fingerprint density at radius 2 is 1.86 bits per heavy atom. The fourth-order valence-electron chi connectivity index (χ4n) is 1.20. The molecule has 0 saturated carbocycles. The first kappa shape index (κ1) is 17.3. The van der Waals surface area contributed by atoms with Gasteiger partial charge in [-0.15, -0.1) is 0 Å². The first-order valence-electron chi connectivity index (χ1n) is 5.12. The number of aliphatic hydroxyl groups excluding tert-OH is 1. The first-order chi connectivity index (χ1) is 9.50. The van der Waals surface area contributed by atoms with Crippen molar-refractivity contribution >= 4 is 15.7 Å². The number of nitro benzene ring substituents is 1. The monoisotopic (exact) mass is 332 g/mol. The van der Waals surface area contributed by atoms with Crippen LogP contribution in [0, 0.1) is 21.7 Å². The molecule has 1 aromatic carbocycles. The summed E-state index contributed by atoms with van der Waals surface area (Å²) in [7, 11) is -4.89. The van der Waals surface area contributed by atoms with Crippen LogP contribution in [0.3, 0.4) is 0 Å². The standard InChI is InChI=1S/C9H8F4N2O5S/c10-5-1-6(11)8(2-7(5)15(17)18)21(19,20)14-3-9(12,13)4-16/h1-2,14,16H,3-4H2. The van der Waals surface area contributed by atoms with E-state index in [9.17, 15) is 36.1 Å². The Morgan fingerprint density at radius 3 is 2.33 bits per heavy atom. The number of rotatable bonds is 6. The first-order valence-corrected chi connectivity index (χ1v) is 6.60. The number of nitrogens with one attached hydrogen (secondary N) is 1. The Labute approximate surface area is 115 Å². The van der Waals surface area contributed by atoms with Crippen LogP contribution in [-0.2, 0) is 10.0 Å². The molecule has 0 heterocycles. The molecule has 0 fully saturated rings. The zero-order valence-corrected chi connectivity index (χ0v) is 10.8. The van der Waals surface area contributed by atoms with E-state index >= 15 is 0 Å². The maximum atomic E-state index is 13.4. The molecule has 0 aliphatic rings. The fraction of sp³-hybridized carbons (Fsp3) is 0.333. The number of benzene rings is 1. The maximum Gasteiger partial charge on any atom is 0.306 e. The minimum Gasteiger partial charge on any atom is -0.390 e. The lowest BCUT2D eigenvalue weighted by Gasteiger charge is -2.14. The minimum atomic E-state index is -4.89. The largest absolute Gasteiger partial charge is 0.390 e. The molecule has 2 N–H and O–H groups in total. The van der Waals surface area contributed by atoms with Gasteiger partial charge in [-0.05, 0) is 0 Å². The van der Waals surface area contributed by atoms with Gasteiger partial charge in [0.1, 0.15) is 17.3 Å². The van der Waals surface area contributed by atoms with Crippen molar-refractivity contribution in [2.75, 3.05) is 13.2 Å². The number of aliphatic hydroxyl groups is 1. The van der Waals surface area contributed by atoms with Gasteiger partial charge in [0.15, 0.2) is 0 Å². The molecule has 21 heavy (non-hydrogen) atoms. The Hall–Kier alpha value is -1.79. The van der Waals surface area contributed by atoms with Gasteiger partial charge in [0.25, 0.3) is 5.92 Å². The van der Waals surface area contributed by atoms with E-state index in [4.69, 9.17) is 5.11 Å². The molecule has 1 aromatic rings. The molecule has 118 valence electrons. The summed E-state index contributed by atoms with van der Waals surface area (Å²) in [6, 6.07) is 0.0287. The summed E-state index contributed by atoms with van der Waals surface area (Å²) in [6.45, 7) is -3.22. The molecule has 0 unspecified atom stereocenters. The third kappa shape index (κ3) is 4.09. The Morgan fingerprint density at radius 1 is 1.29 bits per heavy atom. The number of hydrogen-bond acceptors (Lipinski definition) is 5. The molecule has 12 heteroatoms. The summed E-state index contributed by atoms with van der Waals surface area (Å²) in [5.41, 5.74) is -1.33. The molecule has 1 rings (SSSR count). The Kier molecular flexibility index (Phi) is 4.86. The summed E-state index contributed by atoms with van der Waals surface area (Å²) in [5.74, 6) is -7.11. The minimum absolute atomic E-state index is 0.0448. The number of nitrogens with zero attached hydrogens (tertiary/aromatic N) is 1. The van der Waals surface area contributed by atoms with Gasteiger partial charge >= 0.3 is 5.69 Å². The summed E-state index contributed by atoms with van der Waals surface area (Å²) >= 11 is 0. The van der Waals surface area contributed by atoms with E-state index in [1.807, 2.05) is 0 Å². The molecule has 0 aliphatic heterocycles. The lowest BCUT2D eigenvalue weighted by Crippen LogP contribution is -2.39. The third-order valence-electron chi connectivity index (χ3n) is 2.24. The van der Waals surface area contributed by atoms with E-state index < -0.39 is 56.2 Å². The molecule has 0 saturated heterocycles. The summed E-state index contributed by atoms with van der Waals surface area (Å²) < 4.78 is 76.3. The highest BCUT2D eigenvalue weighted by Gasteiger charge is 2.32. The highest BCUT2D eigenvalue weighted by molar-refractivity contribution is 7.89. The quantitative estimate of drug-likeness (QED) is 0.454. The van der Waals surface area contributed by atoms with E-state index in [1.165, 1.54) is 4.72 Å². The molecule has 0 bridgehead atoms. The van der Waals surface area contributed by atoms with E-state index in [0.29, 0.717) is 0 Å². The highest BCUT2D eigenvalue weighted by atomic mass is 32.2. The van der Waals surface area contributed by atoms with Crippen LogP contribution in [0.15, 0.2) is 17.0 Å². The van der Waals surface area contributed by atoms with Crippen LogP contribution in [0.2, 0.25) is 0 Å².